The van der Waals surface area contributed by atoms with Crippen LogP contribution >= 0.6 is 0 Å². The minimum Gasteiger partial charge on any atom is -0.493 e. The first-order chi connectivity index (χ1) is 10.3. The third-order valence-electron chi connectivity index (χ3n) is 4.29. The van der Waals surface area contributed by atoms with Gasteiger partial charge in [0.2, 0.25) is 0 Å². The molecule has 1 saturated heterocycles. The van der Waals surface area contributed by atoms with Gasteiger partial charge in [0, 0.05) is 6.04 Å². The summed E-state index contributed by atoms with van der Waals surface area (Å²) in [4.78, 5) is 2.61. The van der Waals surface area contributed by atoms with Gasteiger partial charge in [-0.05, 0) is 63.6 Å². The number of piperidine rings is 1. The van der Waals surface area contributed by atoms with E-state index in [9.17, 15) is 0 Å². The van der Waals surface area contributed by atoms with Crippen molar-refractivity contribution in [1.82, 2.24) is 10.2 Å². The lowest BCUT2D eigenvalue weighted by molar-refractivity contribution is 0.155. The monoisotopic (exact) mass is 292 g/mol. The van der Waals surface area contributed by atoms with Gasteiger partial charge in [0.05, 0.1) is 14.2 Å². The van der Waals surface area contributed by atoms with Crippen molar-refractivity contribution in [3.63, 3.8) is 0 Å². The molecular formula is C17H28N2O2. The third-order valence-corrected chi connectivity index (χ3v) is 4.29. The summed E-state index contributed by atoms with van der Waals surface area (Å²) in [6, 6.07) is 6.78. The molecule has 0 radical (unpaired) electrons. The maximum atomic E-state index is 5.46. The minimum atomic E-state index is 0.456. The molecule has 4 heteroatoms. The highest BCUT2D eigenvalue weighted by atomic mass is 16.5. The normalized spacial score (nSPS) is 17.5. The smallest absolute Gasteiger partial charge is 0.161 e. The van der Waals surface area contributed by atoms with Crippen LogP contribution in [0.25, 0.3) is 0 Å². The van der Waals surface area contributed by atoms with Crippen LogP contribution in [0, 0.1) is 0 Å². The molecule has 2 rings (SSSR count). The lowest BCUT2D eigenvalue weighted by atomic mass is 9.98. The molecule has 1 N–H and O–H groups in total. The molecule has 1 heterocycles. The molecule has 0 spiro atoms. The van der Waals surface area contributed by atoms with Gasteiger partial charge in [-0.15, -0.1) is 0 Å². The SMILES string of the molecule is CNCCC(c1ccc(OC)c(OC)c1)N1CCCCC1. The van der Waals surface area contributed by atoms with Crippen LogP contribution in [0.1, 0.15) is 37.3 Å². The number of methoxy groups -OCH3 is 2. The van der Waals surface area contributed by atoms with Crippen molar-refractivity contribution in [2.24, 2.45) is 0 Å². The molecule has 0 bridgehead atoms. The van der Waals surface area contributed by atoms with Crippen molar-refractivity contribution in [1.29, 1.82) is 0 Å². The number of nitrogens with zero attached hydrogens (tertiary/aromatic N) is 1. The van der Waals surface area contributed by atoms with Crippen LogP contribution in [0.15, 0.2) is 18.2 Å². The number of nitrogens with one attached hydrogen (secondary N) is 1. The van der Waals surface area contributed by atoms with Gasteiger partial charge >= 0.3 is 0 Å². The predicted molar refractivity (Wildman–Crippen MR) is 86.3 cm³/mol. The average Bonchev–Trinajstić information content (AvgIpc) is 2.56. The van der Waals surface area contributed by atoms with Gasteiger partial charge in [-0.3, -0.25) is 4.90 Å². The number of hydrogen-bond donors (Lipinski definition) is 1. The fraction of sp³-hybridized carbons (Fsp3) is 0.647. The van der Waals surface area contributed by atoms with Crippen molar-refractivity contribution < 1.29 is 9.47 Å². The molecule has 0 amide bonds. The molecule has 1 aromatic carbocycles. The Kier molecular flexibility index (Phi) is 6.33. The molecule has 1 unspecified atom stereocenters. The number of benzene rings is 1. The zero-order valence-corrected chi connectivity index (χ0v) is 13.5. The van der Waals surface area contributed by atoms with E-state index in [2.05, 4.69) is 22.3 Å². The van der Waals surface area contributed by atoms with E-state index < -0.39 is 0 Å². The lowest BCUT2D eigenvalue weighted by Gasteiger charge is -2.35. The second-order valence-corrected chi connectivity index (χ2v) is 5.62. The number of ether oxygens (including phenoxy) is 2. The molecular weight excluding hydrogens is 264 g/mol. The van der Waals surface area contributed by atoms with Gasteiger partial charge in [0.1, 0.15) is 0 Å². The summed E-state index contributed by atoms with van der Waals surface area (Å²) in [5.41, 5.74) is 1.32. The molecule has 0 aromatic heterocycles. The molecule has 118 valence electrons. The van der Waals surface area contributed by atoms with Crippen LogP contribution in [-0.2, 0) is 0 Å². The molecule has 1 fully saturated rings. The summed E-state index contributed by atoms with van der Waals surface area (Å²) in [5, 5.41) is 3.28. The zero-order chi connectivity index (χ0) is 15.1. The first kappa shape index (κ1) is 16.1. The predicted octanol–water partition coefficient (Wildman–Crippen LogP) is 2.84. The Morgan fingerprint density at radius 3 is 2.43 bits per heavy atom. The zero-order valence-electron chi connectivity index (χ0n) is 13.5. The number of rotatable bonds is 7. The van der Waals surface area contributed by atoms with Crippen LogP contribution in [0.3, 0.4) is 0 Å². The van der Waals surface area contributed by atoms with E-state index in [1.165, 1.54) is 37.9 Å². The highest BCUT2D eigenvalue weighted by Gasteiger charge is 2.22. The average molecular weight is 292 g/mol. The van der Waals surface area contributed by atoms with Crippen LogP contribution in [0.5, 0.6) is 11.5 Å². The van der Waals surface area contributed by atoms with Gasteiger partial charge < -0.3 is 14.8 Å². The Morgan fingerprint density at radius 2 is 1.81 bits per heavy atom. The maximum Gasteiger partial charge on any atom is 0.161 e. The molecule has 1 atom stereocenters. The van der Waals surface area contributed by atoms with Gasteiger partial charge in [-0.2, -0.15) is 0 Å². The van der Waals surface area contributed by atoms with Crippen molar-refractivity contribution >= 4 is 0 Å². The van der Waals surface area contributed by atoms with Crippen molar-refractivity contribution in [2.45, 2.75) is 31.7 Å². The Labute approximate surface area is 128 Å². The summed E-state index contributed by atoms with van der Waals surface area (Å²) in [6.07, 6.45) is 5.10. The standard InChI is InChI=1S/C17H28N2O2/c1-18-10-9-15(19-11-5-4-6-12-19)14-7-8-16(20-2)17(13-14)21-3/h7-8,13,15,18H,4-6,9-12H2,1-3H3. The van der Waals surface area contributed by atoms with E-state index in [-0.39, 0.29) is 0 Å². The fourth-order valence-corrected chi connectivity index (χ4v) is 3.13. The topological polar surface area (TPSA) is 33.7 Å². The Morgan fingerprint density at radius 1 is 1.10 bits per heavy atom. The Bertz CT molecular complexity index is 431. The van der Waals surface area contributed by atoms with Gasteiger partial charge in [0.25, 0.3) is 0 Å². The maximum absolute atomic E-state index is 5.46. The van der Waals surface area contributed by atoms with Crippen LogP contribution < -0.4 is 14.8 Å². The quantitative estimate of drug-likeness (QED) is 0.838. The third kappa shape index (κ3) is 4.11. The van der Waals surface area contributed by atoms with E-state index in [1.54, 1.807) is 14.2 Å². The molecule has 21 heavy (non-hydrogen) atoms. The Balaban J connectivity index is 2.22. The molecule has 1 aromatic rings. The molecule has 0 aliphatic carbocycles. The summed E-state index contributed by atoms with van der Waals surface area (Å²) < 4.78 is 10.8. The molecule has 1 aliphatic rings. The summed E-state index contributed by atoms with van der Waals surface area (Å²) >= 11 is 0. The van der Waals surface area contributed by atoms with Crippen LogP contribution in [0.2, 0.25) is 0 Å². The second kappa shape index (κ2) is 8.25. The second-order valence-electron chi connectivity index (χ2n) is 5.62. The fourth-order valence-electron chi connectivity index (χ4n) is 3.13. The van der Waals surface area contributed by atoms with Crippen LogP contribution in [0.4, 0.5) is 0 Å². The first-order valence-corrected chi connectivity index (χ1v) is 7.90. The Hall–Kier alpha value is -1.26. The highest BCUT2D eigenvalue weighted by Crippen LogP contribution is 2.34. The van der Waals surface area contributed by atoms with E-state index in [1.807, 2.05) is 13.1 Å². The molecule has 0 saturated carbocycles. The summed E-state index contributed by atoms with van der Waals surface area (Å²) in [7, 11) is 5.40. The van der Waals surface area contributed by atoms with E-state index in [4.69, 9.17) is 9.47 Å². The van der Waals surface area contributed by atoms with E-state index in [0.717, 1.165) is 24.5 Å². The largest absolute Gasteiger partial charge is 0.493 e. The van der Waals surface area contributed by atoms with Crippen molar-refractivity contribution in [2.75, 3.05) is 40.9 Å². The number of likely N-dealkylation sites (tertiary alicyclic amines) is 1. The van der Waals surface area contributed by atoms with Crippen molar-refractivity contribution in [3.05, 3.63) is 23.8 Å². The van der Waals surface area contributed by atoms with Gasteiger partial charge in [-0.1, -0.05) is 12.5 Å². The van der Waals surface area contributed by atoms with E-state index in [0.29, 0.717) is 6.04 Å². The minimum absolute atomic E-state index is 0.456. The van der Waals surface area contributed by atoms with Crippen molar-refractivity contribution in [3.8, 4) is 11.5 Å². The van der Waals surface area contributed by atoms with Gasteiger partial charge in [-0.25, -0.2) is 0 Å². The summed E-state index contributed by atoms with van der Waals surface area (Å²) in [6.45, 7) is 3.42. The lowest BCUT2D eigenvalue weighted by Crippen LogP contribution is -2.35. The molecule has 1 aliphatic heterocycles. The summed E-state index contributed by atoms with van der Waals surface area (Å²) in [5.74, 6) is 1.62. The number of hydrogen-bond acceptors (Lipinski definition) is 4. The first-order valence-electron chi connectivity index (χ1n) is 7.90. The van der Waals surface area contributed by atoms with Gasteiger partial charge in [0.15, 0.2) is 11.5 Å². The highest BCUT2D eigenvalue weighted by molar-refractivity contribution is 5.43. The molecule has 4 nitrogen and oxygen atoms in total. The van der Waals surface area contributed by atoms with E-state index >= 15 is 0 Å². The van der Waals surface area contributed by atoms with Crippen LogP contribution in [-0.4, -0.2) is 45.8 Å².